The molecule has 0 unspecified atom stereocenters. The zero-order valence-corrected chi connectivity index (χ0v) is 13.4. The van der Waals surface area contributed by atoms with Crippen molar-refractivity contribution in [3.8, 4) is 5.75 Å². The Morgan fingerprint density at radius 1 is 1.05 bits per heavy atom. The summed E-state index contributed by atoms with van der Waals surface area (Å²) in [6.45, 7) is 0. The lowest BCUT2D eigenvalue weighted by molar-refractivity contribution is -0.113. The maximum Gasteiger partial charge on any atom is 0.240 e. The number of halogens is 2. The Bertz CT molecular complexity index is 804. The van der Waals surface area contributed by atoms with Gasteiger partial charge in [0.1, 0.15) is 11.5 Å². The third-order valence-electron chi connectivity index (χ3n) is 2.73. The summed E-state index contributed by atoms with van der Waals surface area (Å²) in [6, 6.07) is 9.56. The first kappa shape index (κ1) is 16.6. The molecule has 0 aliphatic carbocycles. The van der Waals surface area contributed by atoms with Crippen molar-refractivity contribution in [2.45, 2.75) is 4.90 Å². The van der Waals surface area contributed by atoms with E-state index < -0.39 is 21.5 Å². The van der Waals surface area contributed by atoms with E-state index in [1.165, 1.54) is 42.5 Å². The van der Waals surface area contributed by atoms with E-state index in [4.69, 9.17) is 23.2 Å². The Morgan fingerprint density at radius 2 is 1.64 bits per heavy atom. The lowest BCUT2D eigenvalue weighted by atomic mass is 10.3. The zero-order chi connectivity index (χ0) is 16.3. The van der Waals surface area contributed by atoms with Gasteiger partial charge in [-0.1, -0.05) is 23.2 Å². The smallest absolute Gasteiger partial charge is 0.240 e. The average Bonchev–Trinajstić information content (AvgIpc) is 2.42. The number of anilines is 1. The highest BCUT2D eigenvalue weighted by Gasteiger charge is 2.20. The molecule has 8 heteroatoms. The minimum Gasteiger partial charge on any atom is -0.506 e. The molecule has 0 saturated heterocycles. The number of nitrogens with one attached hydrogen (secondary N) is 1. The van der Waals surface area contributed by atoms with E-state index in [1.54, 1.807) is 0 Å². The largest absolute Gasteiger partial charge is 0.506 e. The number of carbonyl (C=O) groups is 1. The molecule has 22 heavy (non-hydrogen) atoms. The van der Waals surface area contributed by atoms with Crippen LogP contribution in [0.3, 0.4) is 0 Å². The number of hydrogen-bond donors (Lipinski definition) is 2. The van der Waals surface area contributed by atoms with Gasteiger partial charge in [0.2, 0.25) is 5.91 Å². The summed E-state index contributed by atoms with van der Waals surface area (Å²) in [4.78, 5) is 11.8. The number of sulfone groups is 1. The van der Waals surface area contributed by atoms with Crippen LogP contribution in [-0.2, 0) is 14.6 Å². The monoisotopic (exact) mass is 359 g/mol. The van der Waals surface area contributed by atoms with Gasteiger partial charge in [0, 0.05) is 10.0 Å². The van der Waals surface area contributed by atoms with Crippen molar-refractivity contribution in [1.29, 1.82) is 0 Å². The molecule has 116 valence electrons. The molecule has 2 rings (SSSR count). The summed E-state index contributed by atoms with van der Waals surface area (Å²) in [5, 5.41) is 12.6. The fourth-order valence-corrected chi connectivity index (χ4v) is 3.13. The fourth-order valence-electron chi connectivity index (χ4n) is 1.69. The molecule has 0 saturated carbocycles. The predicted octanol–water partition coefficient (Wildman–Crippen LogP) is 3.11. The summed E-state index contributed by atoms with van der Waals surface area (Å²) in [7, 11) is -3.80. The first-order valence-electron chi connectivity index (χ1n) is 6.04. The lowest BCUT2D eigenvalue weighted by Gasteiger charge is -2.08. The number of carbonyl (C=O) groups excluding carboxylic acids is 1. The molecular weight excluding hydrogens is 349 g/mol. The maximum absolute atomic E-state index is 12.1. The lowest BCUT2D eigenvalue weighted by Crippen LogP contribution is -2.23. The van der Waals surface area contributed by atoms with Crippen LogP contribution in [0.4, 0.5) is 5.69 Å². The third-order valence-corrected chi connectivity index (χ3v) is 4.85. The molecule has 0 atom stereocenters. The molecule has 0 bridgehead atoms. The molecule has 0 heterocycles. The van der Waals surface area contributed by atoms with Crippen LogP contribution >= 0.6 is 23.2 Å². The van der Waals surface area contributed by atoms with Gasteiger partial charge in [-0.05, 0) is 42.5 Å². The number of phenolic OH excluding ortho intramolecular Hbond substituents is 1. The Hall–Kier alpha value is -1.76. The molecule has 2 aromatic rings. The van der Waals surface area contributed by atoms with Crippen molar-refractivity contribution in [2.75, 3.05) is 11.1 Å². The van der Waals surface area contributed by atoms with Gasteiger partial charge in [0.05, 0.1) is 10.6 Å². The quantitative estimate of drug-likeness (QED) is 0.821. The van der Waals surface area contributed by atoms with E-state index in [1.807, 2.05) is 0 Å². The van der Waals surface area contributed by atoms with Crippen molar-refractivity contribution in [2.24, 2.45) is 0 Å². The minimum atomic E-state index is -3.80. The van der Waals surface area contributed by atoms with Crippen molar-refractivity contribution in [1.82, 2.24) is 0 Å². The highest BCUT2D eigenvalue weighted by atomic mass is 35.5. The zero-order valence-electron chi connectivity index (χ0n) is 11.1. The fraction of sp³-hybridized carbons (Fsp3) is 0.0714. The van der Waals surface area contributed by atoms with Crippen LogP contribution in [0.1, 0.15) is 0 Å². The van der Waals surface area contributed by atoms with Gasteiger partial charge in [-0.25, -0.2) is 8.42 Å². The van der Waals surface area contributed by atoms with Gasteiger partial charge in [0.25, 0.3) is 0 Å². The molecule has 2 N–H and O–H groups in total. The van der Waals surface area contributed by atoms with Crippen molar-refractivity contribution < 1.29 is 18.3 Å². The van der Waals surface area contributed by atoms with Crippen LogP contribution in [-0.4, -0.2) is 25.2 Å². The molecule has 0 aliphatic rings. The van der Waals surface area contributed by atoms with Crippen LogP contribution in [0.5, 0.6) is 5.75 Å². The molecule has 0 fully saturated rings. The average molecular weight is 360 g/mol. The van der Waals surface area contributed by atoms with Gasteiger partial charge in [-0.15, -0.1) is 0 Å². The van der Waals surface area contributed by atoms with Crippen molar-refractivity contribution in [3.05, 3.63) is 52.5 Å². The van der Waals surface area contributed by atoms with Crippen LogP contribution in [0.25, 0.3) is 0 Å². The summed E-state index contributed by atoms with van der Waals surface area (Å²) >= 11 is 11.4. The van der Waals surface area contributed by atoms with Gasteiger partial charge >= 0.3 is 0 Å². The Kier molecular flexibility index (Phi) is 4.95. The normalized spacial score (nSPS) is 11.2. The number of amides is 1. The molecule has 5 nitrogen and oxygen atoms in total. The second-order valence-electron chi connectivity index (χ2n) is 4.42. The number of hydrogen-bond acceptors (Lipinski definition) is 4. The SMILES string of the molecule is O=C(CS(=O)(=O)c1ccc(Cl)cc1)Nc1cc(Cl)ccc1O. The summed E-state index contributed by atoms with van der Waals surface area (Å²) < 4.78 is 24.2. The first-order chi connectivity index (χ1) is 10.3. The first-order valence-corrected chi connectivity index (χ1v) is 8.45. The molecular formula is C14H11Cl2NO4S. The van der Waals surface area contributed by atoms with Crippen LogP contribution in [0, 0.1) is 0 Å². The third kappa shape index (κ3) is 4.13. The van der Waals surface area contributed by atoms with Crippen molar-refractivity contribution in [3.63, 3.8) is 0 Å². The van der Waals surface area contributed by atoms with E-state index >= 15 is 0 Å². The van der Waals surface area contributed by atoms with Crippen molar-refractivity contribution >= 4 is 44.6 Å². The van der Waals surface area contributed by atoms with Crippen LogP contribution in [0.15, 0.2) is 47.4 Å². The summed E-state index contributed by atoms with van der Waals surface area (Å²) in [6.07, 6.45) is 0. The van der Waals surface area contributed by atoms with E-state index in [9.17, 15) is 18.3 Å². The number of benzene rings is 2. The highest BCUT2D eigenvalue weighted by molar-refractivity contribution is 7.92. The maximum atomic E-state index is 12.1. The predicted molar refractivity (Wildman–Crippen MR) is 85.3 cm³/mol. The second kappa shape index (κ2) is 6.56. The van der Waals surface area contributed by atoms with Gasteiger partial charge in [0.15, 0.2) is 9.84 Å². The molecule has 0 spiro atoms. The Morgan fingerprint density at radius 3 is 2.27 bits per heavy atom. The molecule has 2 aromatic carbocycles. The number of rotatable bonds is 4. The van der Waals surface area contributed by atoms with Gasteiger partial charge in [-0.2, -0.15) is 0 Å². The van der Waals surface area contributed by atoms with E-state index in [-0.39, 0.29) is 16.3 Å². The standard InChI is InChI=1S/C14H11Cl2NO4S/c15-9-1-4-11(5-2-9)22(20,21)8-14(19)17-12-7-10(16)3-6-13(12)18/h1-7,18H,8H2,(H,17,19). The number of phenols is 1. The van der Waals surface area contributed by atoms with Crippen LogP contribution in [0.2, 0.25) is 10.0 Å². The Labute approximate surface area is 137 Å². The summed E-state index contributed by atoms with van der Waals surface area (Å²) in [5.41, 5.74) is 0.0452. The molecule has 0 aromatic heterocycles. The highest BCUT2D eigenvalue weighted by Crippen LogP contribution is 2.26. The van der Waals surface area contributed by atoms with Gasteiger partial charge < -0.3 is 10.4 Å². The molecule has 0 radical (unpaired) electrons. The van der Waals surface area contributed by atoms with E-state index in [2.05, 4.69) is 5.32 Å². The second-order valence-corrected chi connectivity index (χ2v) is 7.29. The van der Waals surface area contributed by atoms with E-state index in [0.29, 0.717) is 10.0 Å². The summed E-state index contributed by atoms with van der Waals surface area (Å²) in [5.74, 6) is -1.75. The minimum absolute atomic E-state index is 0.0117. The molecule has 0 aliphatic heterocycles. The Balaban J connectivity index is 2.14. The topological polar surface area (TPSA) is 83.5 Å². The molecule has 1 amide bonds. The van der Waals surface area contributed by atoms with Crippen LogP contribution < -0.4 is 5.32 Å². The van der Waals surface area contributed by atoms with E-state index in [0.717, 1.165) is 0 Å². The number of aromatic hydroxyl groups is 1. The van der Waals surface area contributed by atoms with Gasteiger partial charge in [-0.3, -0.25) is 4.79 Å².